The van der Waals surface area contributed by atoms with Crippen LogP contribution in [0.1, 0.15) is 42.0 Å². The summed E-state index contributed by atoms with van der Waals surface area (Å²) in [5, 5.41) is 3.63. The summed E-state index contributed by atoms with van der Waals surface area (Å²) in [4.78, 5) is 28.8. The molecule has 34 heavy (non-hydrogen) atoms. The van der Waals surface area contributed by atoms with Gasteiger partial charge in [-0.3, -0.25) is 9.59 Å². The van der Waals surface area contributed by atoms with E-state index in [4.69, 9.17) is 11.6 Å². The van der Waals surface area contributed by atoms with Crippen LogP contribution in [0.25, 0.3) is 0 Å². The van der Waals surface area contributed by atoms with Crippen LogP contribution >= 0.6 is 11.6 Å². The molecule has 2 amide bonds. The minimum absolute atomic E-state index is 0.0999. The Hall–Kier alpha value is -3.11. The molecule has 0 aromatic heterocycles. The van der Waals surface area contributed by atoms with E-state index in [9.17, 15) is 9.59 Å². The summed E-state index contributed by atoms with van der Waals surface area (Å²) in [6.07, 6.45) is 2.53. The van der Waals surface area contributed by atoms with Gasteiger partial charge in [-0.05, 0) is 36.1 Å². The summed E-state index contributed by atoms with van der Waals surface area (Å²) in [5.41, 5.74) is 3.85. The van der Waals surface area contributed by atoms with E-state index in [1.807, 2.05) is 85.8 Å². The highest BCUT2D eigenvalue weighted by atomic mass is 35.5. The third-order valence-electron chi connectivity index (χ3n) is 5.84. The van der Waals surface area contributed by atoms with E-state index in [0.717, 1.165) is 35.1 Å². The summed E-state index contributed by atoms with van der Waals surface area (Å²) in [6, 6.07) is 24.6. The maximum Gasteiger partial charge on any atom is 0.243 e. The third-order valence-corrected chi connectivity index (χ3v) is 6.21. The fraction of sp³-hybridized carbons (Fsp3) is 0.310. The number of hydrogen-bond acceptors (Lipinski definition) is 2. The molecule has 0 bridgehead atoms. The van der Waals surface area contributed by atoms with Gasteiger partial charge in [0.1, 0.15) is 6.04 Å². The van der Waals surface area contributed by atoms with E-state index in [2.05, 4.69) is 12.2 Å². The molecule has 0 fully saturated rings. The van der Waals surface area contributed by atoms with E-state index >= 15 is 0 Å². The molecule has 3 aromatic rings. The monoisotopic (exact) mass is 476 g/mol. The zero-order valence-corrected chi connectivity index (χ0v) is 20.7. The lowest BCUT2D eigenvalue weighted by Gasteiger charge is -2.32. The lowest BCUT2D eigenvalue weighted by Crippen LogP contribution is -2.51. The van der Waals surface area contributed by atoms with Crippen molar-refractivity contribution in [3.63, 3.8) is 0 Å². The number of rotatable bonds is 11. The second-order valence-electron chi connectivity index (χ2n) is 8.63. The number of aryl methyl sites for hydroxylation is 1. The van der Waals surface area contributed by atoms with Gasteiger partial charge in [0, 0.05) is 24.5 Å². The molecule has 3 rings (SSSR count). The molecule has 0 heterocycles. The average molecular weight is 477 g/mol. The van der Waals surface area contributed by atoms with Crippen molar-refractivity contribution in [2.75, 3.05) is 6.54 Å². The van der Waals surface area contributed by atoms with E-state index < -0.39 is 6.04 Å². The van der Waals surface area contributed by atoms with Gasteiger partial charge in [-0.1, -0.05) is 103 Å². The molecule has 0 radical (unpaired) electrons. The van der Waals surface area contributed by atoms with Crippen molar-refractivity contribution in [2.45, 2.75) is 52.1 Å². The molecule has 1 N–H and O–H groups in total. The van der Waals surface area contributed by atoms with Gasteiger partial charge in [-0.25, -0.2) is 0 Å². The topological polar surface area (TPSA) is 49.4 Å². The van der Waals surface area contributed by atoms with Gasteiger partial charge in [-0.15, -0.1) is 0 Å². The lowest BCUT2D eigenvalue weighted by molar-refractivity contribution is -0.140. The minimum atomic E-state index is -0.646. The zero-order valence-electron chi connectivity index (χ0n) is 20.0. The Morgan fingerprint density at radius 1 is 0.941 bits per heavy atom. The Morgan fingerprint density at radius 3 is 2.35 bits per heavy atom. The third kappa shape index (κ3) is 7.46. The smallest absolute Gasteiger partial charge is 0.243 e. The molecule has 0 saturated heterocycles. The van der Waals surface area contributed by atoms with Crippen molar-refractivity contribution in [1.82, 2.24) is 10.2 Å². The quantitative estimate of drug-likeness (QED) is 0.358. The van der Waals surface area contributed by atoms with Crippen LogP contribution in [0.3, 0.4) is 0 Å². The van der Waals surface area contributed by atoms with Gasteiger partial charge in [0.25, 0.3) is 0 Å². The molecule has 3 aromatic carbocycles. The maximum atomic E-state index is 13.7. The number of benzene rings is 3. The van der Waals surface area contributed by atoms with E-state index in [1.54, 1.807) is 4.90 Å². The number of amides is 2. The van der Waals surface area contributed by atoms with Crippen molar-refractivity contribution in [2.24, 2.45) is 0 Å². The maximum absolute atomic E-state index is 13.7. The predicted molar refractivity (Wildman–Crippen MR) is 139 cm³/mol. The first-order valence-corrected chi connectivity index (χ1v) is 12.3. The van der Waals surface area contributed by atoms with Gasteiger partial charge < -0.3 is 10.2 Å². The molecule has 0 aliphatic heterocycles. The van der Waals surface area contributed by atoms with Crippen molar-refractivity contribution in [3.8, 4) is 0 Å². The lowest BCUT2D eigenvalue weighted by atomic mass is 10.0. The number of carbonyl (C=O) groups is 2. The number of hydrogen-bond donors (Lipinski definition) is 1. The van der Waals surface area contributed by atoms with Gasteiger partial charge in [0.15, 0.2) is 0 Å². The van der Waals surface area contributed by atoms with Gasteiger partial charge in [0.05, 0.1) is 6.42 Å². The van der Waals surface area contributed by atoms with Crippen LogP contribution < -0.4 is 5.32 Å². The Kier molecular flexibility index (Phi) is 9.72. The summed E-state index contributed by atoms with van der Waals surface area (Å²) >= 11 is 6.46. The molecule has 178 valence electrons. The Balaban J connectivity index is 1.95. The molecule has 5 heteroatoms. The number of halogens is 1. The number of nitrogens with one attached hydrogen (secondary N) is 1. The zero-order chi connectivity index (χ0) is 24.3. The van der Waals surface area contributed by atoms with Crippen molar-refractivity contribution in [1.29, 1.82) is 0 Å². The van der Waals surface area contributed by atoms with Crippen LogP contribution in [-0.2, 0) is 29.0 Å². The summed E-state index contributed by atoms with van der Waals surface area (Å²) in [7, 11) is 0. The van der Waals surface area contributed by atoms with Crippen LogP contribution in [-0.4, -0.2) is 29.3 Å². The van der Waals surface area contributed by atoms with Gasteiger partial charge >= 0.3 is 0 Å². The SMILES string of the molecule is CCCCNC(=O)[C@H](Cc1ccccc1)N(Cc1ccccc1Cl)C(=O)Cc1cccc(C)c1. The fourth-order valence-corrected chi connectivity index (χ4v) is 4.16. The van der Waals surface area contributed by atoms with Crippen LogP contribution in [0.5, 0.6) is 0 Å². The molecule has 0 aliphatic carbocycles. The Bertz CT molecular complexity index is 1080. The minimum Gasteiger partial charge on any atom is -0.354 e. The first-order chi connectivity index (χ1) is 16.5. The van der Waals surface area contributed by atoms with E-state index in [0.29, 0.717) is 18.0 Å². The van der Waals surface area contributed by atoms with Crippen molar-refractivity contribution >= 4 is 23.4 Å². The second-order valence-corrected chi connectivity index (χ2v) is 9.04. The molecule has 0 unspecified atom stereocenters. The van der Waals surface area contributed by atoms with Gasteiger partial charge in [-0.2, -0.15) is 0 Å². The first-order valence-electron chi connectivity index (χ1n) is 11.9. The first kappa shape index (κ1) is 25.5. The van der Waals surface area contributed by atoms with Crippen molar-refractivity contribution < 1.29 is 9.59 Å². The molecular formula is C29H33ClN2O2. The van der Waals surface area contributed by atoms with E-state index in [-0.39, 0.29) is 24.8 Å². The summed E-state index contributed by atoms with van der Waals surface area (Å²) in [5.74, 6) is -0.237. The van der Waals surface area contributed by atoms with E-state index in [1.165, 1.54) is 0 Å². The highest BCUT2D eigenvalue weighted by molar-refractivity contribution is 6.31. The predicted octanol–water partition coefficient (Wildman–Crippen LogP) is 5.75. The highest BCUT2D eigenvalue weighted by Gasteiger charge is 2.30. The molecule has 0 aliphatic rings. The number of carbonyl (C=O) groups excluding carboxylic acids is 2. The Labute approximate surface area is 207 Å². The molecular weight excluding hydrogens is 444 g/mol. The van der Waals surface area contributed by atoms with Crippen LogP contribution in [0, 0.1) is 6.92 Å². The average Bonchev–Trinajstić information content (AvgIpc) is 2.83. The number of unbranched alkanes of at least 4 members (excludes halogenated alkanes) is 1. The van der Waals surface area contributed by atoms with Crippen LogP contribution in [0.2, 0.25) is 5.02 Å². The second kappa shape index (κ2) is 13.0. The Morgan fingerprint density at radius 2 is 1.65 bits per heavy atom. The molecule has 1 atom stereocenters. The largest absolute Gasteiger partial charge is 0.354 e. The van der Waals surface area contributed by atoms with Crippen LogP contribution in [0.4, 0.5) is 0 Å². The highest BCUT2D eigenvalue weighted by Crippen LogP contribution is 2.21. The summed E-state index contributed by atoms with van der Waals surface area (Å²) in [6.45, 7) is 4.95. The molecule has 4 nitrogen and oxygen atoms in total. The fourth-order valence-electron chi connectivity index (χ4n) is 3.97. The number of nitrogens with zero attached hydrogens (tertiary/aromatic N) is 1. The molecule has 0 spiro atoms. The summed E-state index contributed by atoms with van der Waals surface area (Å²) < 4.78 is 0. The standard InChI is InChI=1S/C29H33ClN2O2/c1-3-4-17-31-29(34)27(19-23-12-6-5-7-13-23)32(21-25-15-8-9-16-26(25)30)28(33)20-24-14-10-11-22(2)18-24/h5-16,18,27H,3-4,17,19-21H2,1-2H3,(H,31,34)/t27-/m0/s1. The molecule has 0 saturated carbocycles. The van der Waals surface area contributed by atoms with Gasteiger partial charge in [0.2, 0.25) is 11.8 Å². The van der Waals surface area contributed by atoms with Crippen molar-refractivity contribution in [3.05, 3.63) is 106 Å². The normalized spacial score (nSPS) is 11.6. The van der Waals surface area contributed by atoms with Crippen LogP contribution in [0.15, 0.2) is 78.9 Å².